The second-order valence-corrected chi connectivity index (χ2v) is 4.57. The minimum atomic E-state index is -0.665. The zero-order chi connectivity index (χ0) is 15.7. The molecule has 1 heterocycles. The van der Waals surface area contributed by atoms with Gasteiger partial charge in [-0.2, -0.15) is 0 Å². The molecule has 0 bridgehead atoms. The van der Waals surface area contributed by atoms with Crippen LogP contribution in [-0.2, 0) is 20.7 Å². The Balaban J connectivity index is 2.17. The van der Waals surface area contributed by atoms with Gasteiger partial charge in [0, 0.05) is 12.5 Å². The SMILES string of the molecule is CC[C@H](C)NC(=O)NC(=O)COC(=O)CCc1ccco1. The summed E-state index contributed by atoms with van der Waals surface area (Å²) in [5.74, 6) is -0.518. The molecule has 1 aromatic heterocycles. The van der Waals surface area contributed by atoms with Crippen molar-refractivity contribution in [3.05, 3.63) is 24.2 Å². The molecule has 1 rings (SSSR count). The lowest BCUT2D eigenvalue weighted by molar-refractivity contribution is -0.148. The number of urea groups is 1. The van der Waals surface area contributed by atoms with E-state index >= 15 is 0 Å². The van der Waals surface area contributed by atoms with Crippen molar-refractivity contribution in [3.63, 3.8) is 0 Å². The molecule has 7 nitrogen and oxygen atoms in total. The van der Waals surface area contributed by atoms with Crippen molar-refractivity contribution in [2.75, 3.05) is 6.61 Å². The molecule has 1 atom stereocenters. The molecule has 21 heavy (non-hydrogen) atoms. The van der Waals surface area contributed by atoms with E-state index in [4.69, 9.17) is 9.15 Å². The molecule has 0 saturated carbocycles. The predicted molar refractivity (Wildman–Crippen MR) is 74.4 cm³/mol. The molecule has 3 amide bonds. The molecule has 116 valence electrons. The second kappa shape index (κ2) is 8.78. The summed E-state index contributed by atoms with van der Waals surface area (Å²) in [5, 5.41) is 4.65. The van der Waals surface area contributed by atoms with Gasteiger partial charge in [-0.15, -0.1) is 0 Å². The van der Waals surface area contributed by atoms with Gasteiger partial charge in [-0.25, -0.2) is 4.79 Å². The maximum Gasteiger partial charge on any atom is 0.321 e. The van der Waals surface area contributed by atoms with E-state index in [0.717, 1.165) is 6.42 Å². The number of hydrogen-bond acceptors (Lipinski definition) is 5. The van der Waals surface area contributed by atoms with Gasteiger partial charge in [0.1, 0.15) is 5.76 Å². The molecule has 0 aliphatic rings. The Morgan fingerprint density at radius 2 is 2.14 bits per heavy atom. The summed E-state index contributed by atoms with van der Waals surface area (Å²) in [6.07, 6.45) is 2.79. The van der Waals surface area contributed by atoms with E-state index in [0.29, 0.717) is 12.2 Å². The fourth-order valence-electron chi connectivity index (χ4n) is 1.42. The monoisotopic (exact) mass is 296 g/mol. The Kier molecular flexibility index (Phi) is 7.00. The first-order chi connectivity index (χ1) is 10.0. The summed E-state index contributed by atoms with van der Waals surface area (Å²) in [7, 11) is 0. The highest BCUT2D eigenvalue weighted by Gasteiger charge is 2.12. The van der Waals surface area contributed by atoms with Gasteiger partial charge in [0.2, 0.25) is 0 Å². The zero-order valence-electron chi connectivity index (χ0n) is 12.2. The number of furan rings is 1. The van der Waals surface area contributed by atoms with E-state index < -0.39 is 24.5 Å². The van der Waals surface area contributed by atoms with Gasteiger partial charge in [0.05, 0.1) is 12.7 Å². The van der Waals surface area contributed by atoms with Crippen LogP contribution in [0.4, 0.5) is 4.79 Å². The average Bonchev–Trinajstić information content (AvgIpc) is 2.95. The molecule has 0 radical (unpaired) electrons. The molecule has 1 aromatic rings. The van der Waals surface area contributed by atoms with Crippen LogP contribution in [0.5, 0.6) is 0 Å². The lowest BCUT2D eigenvalue weighted by atomic mass is 10.2. The number of carbonyl (C=O) groups excluding carboxylic acids is 3. The first-order valence-electron chi connectivity index (χ1n) is 6.79. The van der Waals surface area contributed by atoms with Gasteiger partial charge in [-0.05, 0) is 25.5 Å². The predicted octanol–water partition coefficient (Wildman–Crippen LogP) is 1.38. The van der Waals surface area contributed by atoms with Crippen LogP contribution in [0.2, 0.25) is 0 Å². The van der Waals surface area contributed by atoms with Crippen molar-refractivity contribution in [2.45, 2.75) is 39.2 Å². The average molecular weight is 296 g/mol. The quantitative estimate of drug-likeness (QED) is 0.741. The molecule has 0 aliphatic carbocycles. The van der Waals surface area contributed by atoms with Crippen LogP contribution < -0.4 is 10.6 Å². The first-order valence-corrected chi connectivity index (χ1v) is 6.79. The highest BCUT2D eigenvalue weighted by atomic mass is 16.5. The maximum absolute atomic E-state index is 11.4. The number of hydrogen-bond donors (Lipinski definition) is 2. The molecule has 0 saturated heterocycles. The van der Waals surface area contributed by atoms with Crippen LogP contribution in [-0.4, -0.2) is 30.6 Å². The fraction of sp³-hybridized carbons (Fsp3) is 0.500. The zero-order valence-corrected chi connectivity index (χ0v) is 12.2. The molecule has 0 spiro atoms. The maximum atomic E-state index is 11.4. The van der Waals surface area contributed by atoms with Crippen LogP contribution >= 0.6 is 0 Å². The summed E-state index contributed by atoms with van der Waals surface area (Å²) in [5.41, 5.74) is 0. The van der Waals surface area contributed by atoms with Crippen molar-refractivity contribution in [2.24, 2.45) is 0 Å². The molecule has 0 fully saturated rings. The number of carbonyl (C=O) groups is 3. The molecule has 0 unspecified atom stereocenters. The second-order valence-electron chi connectivity index (χ2n) is 4.57. The fourth-order valence-corrected chi connectivity index (χ4v) is 1.42. The van der Waals surface area contributed by atoms with E-state index in [9.17, 15) is 14.4 Å². The Labute approximate surface area is 123 Å². The minimum absolute atomic E-state index is 0.0337. The van der Waals surface area contributed by atoms with Crippen LogP contribution in [0.3, 0.4) is 0 Å². The Bertz CT molecular complexity index is 470. The lowest BCUT2D eigenvalue weighted by Crippen LogP contribution is -2.44. The number of ether oxygens (including phenoxy) is 1. The van der Waals surface area contributed by atoms with E-state index in [-0.39, 0.29) is 12.5 Å². The first kappa shape index (κ1) is 16.7. The van der Waals surface area contributed by atoms with Gasteiger partial charge in [-0.1, -0.05) is 6.92 Å². The highest BCUT2D eigenvalue weighted by molar-refractivity contribution is 5.95. The third-order valence-electron chi connectivity index (χ3n) is 2.76. The molecule has 0 aliphatic heterocycles. The standard InChI is InChI=1S/C14H20N2O5/c1-3-10(2)15-14(19)16-12(17)9-21-13(18)7-6-11-5-4-8-20-11/h4-5,8,10H,3,6-7,9H2,1-2H3,(H2,15,16,17,19)/t10-/m0/s1. The van der Waals surface area contributed by atoms with E-state index in [1.165, 1.54) is 6.26 Å². The molecule has 2 N–H and O–H groups in total. The normalized spacial score (nSPS) is 11.5. The third-order valence-corrected chi connectivity index (χ3v) is 2.76. The minimum Gasteiger partial charge on any atom is -0.469 e. The summed E-state index contributed by atoms with van der Waals surface area (Å²) >= 11 is 0. The lowest BCUT2D eigenvalue weighted by Gasteiger charge is -2.11. The number of nitrogens with one attached hydrogen (secondary N) is 2. The van der Waals surface area contributed by atoms with Gasteiger partial charge in [0.15, 0.2) is 6.61 Å². The summed E-state index contributed by atoms with van der Waals surface area (Å²) in [6, 6.07) is 2.85. The summed E-state index contributed by atoms with van der Waals surface area (Å²) in [6.45, 7) is 3.25. The Morgan fingerprint density at radius 3 is 2.76 bits per heavy atom. The number of rotatable bonds is 7. The van der Waals surface area contributed by atoms with Gasteiger partial charge in [-0.3, -0.25) is 14.9 Å². The third kappa shape index (κ3) is 7.14. The number of aryl methyl sites for hydroxylation is 1. The van der Waals surface area contributed by atoms with Crippen molar-refractivity contribution >= 4 is 17.9 Å². The molecular formula is C14H20N2O5. The number of esters is 1. The molecule has 7 heteroatoms. The molecule has 0 aromatic carbocycles. The van der Waals surface area contributed by atoms with E-state index in [1.807, 2.05) is 13.8 Å². The highest BCUT2D eigenvalue weighted by Crippen LogP contribution is 2.04. The van der Waals surface area contributed by atoms with Crippen LogP contribution in [0.25, 0.3) is 0 Å². The molecular weight excluding hydrogens is 276 g/mol. The van der Waals surface area contributed by atoms with Crippen molar-refractivity contribution in [1.29, 1.82) is 0 Å². The largest absolute Gasteiger partial charge is 0.469 e. The number of imide groups is 1. The Morgan fingerprint density at radius 1 is 1.38 bits per heavy atom. The smallest absolute Gasteiger partial charge is 0.321 e. The van der Waals surface area contributed by atoms with Crippen LogP contribution in [0, 0.1) is 0 Å². The van der Waals surface area contributed by atoms with E-state index in [1.54, 1.807) is 12.1 Å². The van der Waals surface area contributed by atoms with Crippen molar-refractivity contribution in [3.8, 4) is 0 Å². The Hall–Kier alpha value is -2.31. The van der Waals surface area contributed by atoms with E-state index in [2.05, 4.69) is 10.6 Å². The topological polar surface area (TPSA) is 97.6 Å². The van der Waals surface area contributed by atoms with Gasteiger partial charge < -0.3 is 14.5 Å². The summed E-state index contributed by atoms with van der Waals surface area (Å²) < 4.78 is 9.83. The van der Waals surface area contributed by atoms with Gasteiger partial charge in [0.25, 0.3) is 5.91 Å². The van der Waals surface area contributed by atoms with Crippen LogP contribution in [0.15, 0.2) is 22.8 Å². The van der Waals surface area contributed by atoms with Gasteiger partial charge >= 0.3 is 12.0 Å². The van der Waals surface area contributed by atoms with Crippen molar-refractivity contribution < 1.29 is 23.5 Å². The summed E-state index contributed by atoms with van der Waals surface area (Å²) in [4.78, 5) is 34.2. The van der Waals surface area contributed by atoms with Crippen LogP contribution in [0.1, 0.15) is 32.4 Å². The number of amides is 3. The van der Waals surface area contributed by atoms with Crippen molar-refractivity contribution in [1.82, 2.24) is 10.6 Å².